The second-order valence-electron chi connectivity index (χ2n) is 3.87. The predicted octanol–water partition coefficient (Wildman–Crippen LogP) is 1.45. The minimum atomic E-state index is -0.691. The summed E-state index contributed by atoms with van der Waals surface area (Å²) >= 11 is 0. The molecule has 0 heterocycles. The molecule has 0 saturated heterocycles. The van der Waals surface area contributed by atoms with Crippen molar-refractivity contribution in [1.82, 2.24) is 0 Å². The molecule has 0 aliphatic heterocycles. The van der Waals surface area contributed by atoms with Gasteiger partial charge >= 0.3 is 0 Å². The molecule has 0 amide bonds. The lowest BCUT2D eigenvalue weighted by Crippen LogP contribution is -2.10. The van der Waals surface area contributed by atoms with Crippen LogP contribution in [0.4, 0.5) is 0 Å². The Bertz CT molecular complexity index is 338. The van der Waals surface area contributed by atoms with Gasteiger partial charge in [-0.25, -0.2) is 0 Å². The molecule has 0 spiro atoms. The van der Waals surface area contributed by atoms with Gasteiger partial charge in [0.05, 0.1) is 13.2 Å². The number of aliphatic hydroxyl groups excluding tert-OH is 2. The van der Waals surface area contributed by atoms with Crippen molar-refractivity contribution >= 4 is 0 Å². The summed E-state index contributed by atoms with van der Waals surface area (Å²) in [5.74, 6) is 0.332. The smallest absolute Gasteiger partial charge is 0.160 e. The number of aromatic hydroxyl groups is 1. The van der Waals surface area contributed by atoms with Gasteiger partial charge in [-0.2, -0.15) is 0 Å². The third-order valence-electron chi connectivity index (χ3n) is 2.67. The van der Waals surface area contributed by atoms with Crippen molar-refractivity contribution in [2.45, 2.75) is 19.4 Å². The van der Waals surface area contributed by atoms with E-state index in [2.05, 4.69) is 0 Å². The fourth-order valence-corrected chi connectivity index (χ4v) is 1.58. The summed E-state index contributed by atoms with van der Waals surface area (Å²) in [6.45, 7) is 1.89. The van der Waals surface area contributed by atoms with Crippen molar-refractivity contribution in [3.05, 3.63) is 23.8 Å². The van der Waals surface area contributed by atoms with Gasteiger partial charge < -0.3 is 20.1 Å². The van der Waals surface area contributed by atoms with Crippen LogP contribution >= 0.6 is 0 Å². The fourth-order valence-electron chi connectivity index (χ4n) is 1.58. The minimum Gasteiger partial charge on any atom is -0.504 e. The van der Waals surface area contributed by atoms with Gasteiger partial charge in [0, 0.05) is 6.61 Å². The molecule has 1 aromatic carbocycles. The van der Waals surface area contributed by atoms with Crippen LogP contribution in [0.5, 0.6) is 11.5 Å². The average Bonchev–Trinajstić information content (AvgIpc) is 2.28. The molecule has 0 saturated carbocycles. The molecule has 0 aromatic heterocycles. The largest absolute Gasteiger partial charge is 0.504 e. The van der Waals surface area contributed by atoms with Gasteiger partial charge in [0.1, 0.15) is 0 Å². The van der Waals surface area contributed by atoms with Crippen LogP contribution in [0.1, 0.15) is 25.0 Å². The van der Waals surface area contributed by atoms with Crippen LogP contribution in [-0.2, 0) is 0 Å². The first kappa shape index (κ1) is 12.8. The van der Waals surface area contributed by atoms with E-state index in [1.807, 2.05) is 6.92 Å². The lowest BCUT2D eigenvalue weighted by molar-refractivity contribution is 0.0988. The van der Waals surface area contributed by atoms with E-state index >= 15 is 0 Å². The van der Waals surface area contributed by atoms with Crippen molar-refractivity contribution in [3.63, 3.8) is 0 Å². The molecular formula is C12H18O4. The van der Waals surface area contributed by atoms with Crippen LogP contribution in [0.3, 0.4) is 0 Å². The van der Waals surface area contributed by atoms with E-state index in [4.69, 9.17) is 9.84 Å². The molecule has 4 nitrogen and oxygen atoms in total. The van der Waals surface area contributed by atoms with Gasteiger partial charge in [0.15, 0.2) is 11.5 Å². The summed E-state index contributed by atoms with van der Waals surface area (Å²) < 4.78 is 4.92. The second-order valence-corrected chi connectivity index (χ2v) is 3.87. The van der Waals surface area contributed by atoms with E-state index in [-0.39, 0.29) is 18.3 Å². The second kappa shape index (κ2) is 5.72. The van der Waals surface area contributed by atoms with Crippen LogP contribution in [0.2, 0.25) is 0 Å². The van der Waals surface area contributed by atoms with E-state index in [0.29, 0.717) is 17.7 Å². The monoisotopic (exact) mass is 226 g/mol. The number of hydrogen-bond donors (Lipinski definition) is 3. The number of methoxy groups -OCH3 is 1. The van der Waals surface area contributed by atoms with E-state index in [9.17, 15) is 10.2 Å². The highest BCUT2D eigenvalue weighted by atomic mass is 16.5. The molecule has 0 unspecified atom stereocenters. The van der Waals surface area contributed by atoms with Crippen molar-refractivity contribution in [2.24, 2.45) is 5.92 Å². The molecule has 16 heavy (non-hydrogen) atoms. The zero-order valence-electron chi connectivity index (χ0n) is 9.55. The maximum atomic E-state index is 9.95. The summed E-state index contributed by atoms with van der Waals surface area (Å²) in [5, 5.41) is 28.3. The fraction of sp³-hybridized carbons (Fsp3) is 0.500. The first-order valence-electron chi connectivity index (χ1n) is 5.26. The maximum Gasteiger partial charge on any atom is 0.160 e. The number of rotatable bonds is 5. The number of aliphatic hydroxyl groups is 2. The zero-order valence-corrected chi connectivity index (χ0v) is 9.55. The molecule has 1 aromatic rings. The molecule has 0 bridgehead atoms. The molecule has 0 aliphatic rings. The van der Waals surface area contributed by atoms with E-state index < -0.39 is 6.10 Å². The maximum absolute atomic E-state index is 9.95. The summed E-state index contributed by atoms with van der Waals surface area (Å²) in [6.07, 6.45) is -0.169. The van der Waals surface area contributed by atoms with E-state index in [0.717, 1.165) is 0 Å². The molecule has 0 radical (unpaired) electrons. The van der Waals surface area contributed by atoms with Crippen molar-refractivity contribution in [2.75, 3.05) is 13.7 Å². The van der Waals surface area contributed by atoms with Gasteiger partial charge in [-0.3, -0.25) is 0 Å². The molecule has 4 heteroatoms. The Morgan fingerprint density at radius 3 is 2.56 bits per heavy atom. The van der Waals surface area contributed by atoms with Crippen LogP contribution in [-0.4, -0.2) is 29.0 Å². The van der Waals surface area contributed by atoms with Crippen molar-refractivity contribution < 1.29 is 20.1 Å². The Morgan fingerprint density at radius 2 is 2.06 bits per heavy atom. The number of hydrogen-bond acceptors (Lipinski definition) is 4. The lowest BCUT2D eigenvalue weighted by atomic mass is 9.95. The third kappa shape index (κ3) is 2.87. The molecular weight excluding hydrogens is 208 g/mol. The van der Waals surface area contributed by atoms with Crippen LogP contribution in [0.25, 0.3) is 0 Å². The summed E-state index contributed by atoms with van der Waals surface area (Å²) in [6, 6.07) is 4.80. The van der Waals surface area contributed by atoms with Crippen LogP contribution in [0, 0.1) is 5.92 Å². The Balaban J connectivity index is 2.84. The molecule has 90 valence electrons. The van der Waals surface area contributed by atoms with Gasteiger partial charge in [-0.15, -0.1) is 0 Å². The Kier molecular flexibility index (Phi) is 4.58. The summed E-state index contributed by atoms with van der Waals surface area (Å²) in [7, 11) is 1.47. The van der Waals surface area contributed by atoms with Gasteiger partial charge in [-0.05, 0) is 30.0 Å². The van der Waals surface area contributed by atoms with Crippen LogP contribution < -0.4 is 4.74 Å². The van der Waals surface area contributed by atoms with Crippen LogP contribution in [0.15, 0.2) is 18.2 Å². The Labute approximate surface area is 95.1 Å². The lowest BCUT2D eigenvalue weighted by Gasteiger charge is -2.18. The molecule has 3 N–H and O–H groups in total. The first-order valence-corrected chi connectivity index (χ1v) is 5.26. The number of benzene rings is 1. The number of phenolic OH excluding ortho intramolecular Hbond substituents is 1. The SMILES string of the molecule is COc1ccc([C@H](O)[C@@H](C)CCO)cc1O. The van der Waals surface area contributed by atoms with Gasteiger partial charge in [0.2, 0.25) is 0 Å². The van der Waals surface area contributed by atoms with E-state index in [1.165, 1.54) is 13.2 Å². The zero-order chi connectivity index (χ0) is 12.1. The average molecular weight is 226 g/mol. The summed E-state index contributed by atoms with van der Waals surface area (Å²) in [5.41, 5.74) is 0.624. The first-order chi connectivity index (χ1) is 7.60. The normalized spacial score (nSPS) is 14.5. The number of ether oxygens (including phenoxy) is 1. The van der Waals surface area contributed by atoms with Crippen molar-refractivity contribution in [3.8, 4) is 11.5 Å². The van der Waals surface area contributed by atoms with Gasteiger partial charge in [-0.1, -0.05) is 13.0 Å². The minimum absolute atomic E-state index is 0.00949. The molecule has 0 fully saturated rings. The van der Waals surface area contributed by atoms with Gasteiger partial charge in [0.25, 0.3) is 0 Å². The van der Waals surface area contributed by atoms with Crippen molar-refractivity contribution in [1.29, 1.82) is 0 Å². The topological polar surface area (TPSA) is 69.9 Å². The number of phenols is 1. The predicted molar refractivity (Wildman–Crippen MR) is 60.5 cm³/mol. The standard InChI is InChI=1S/C12H18O4/c1-8(5-6-13)12(15)9-3-4-11(16-2)10(14)7-9/h3-4,7-8,12-15H,5-6H2,1-2H3/t8-,12+/m0/s1. The summed E-state index contributed by atoms with van der Waals surface area (Å²) in [4.78, 5) is 0. The highest BCUT2D eigenvalue weighted by molar-refractivity contribution is 5.42. The molecule has 0 aliphatic carbocycles. The van der Waals surface area contributed by atoms with E-state index in [1.54, 1.807) is 12.1 Å². The molecule has 1 rings (SSSR count). The molecule has 2 atom stereocenters. The Hall–Kier alpha value is -1.26. The quantitative estimate of drug-likeness (QED) is 0.710. The highest BCUT2D eigenvalue weighted by Gasteiger charge is 2.17. The third-order valence-corrected chi connectivity index (χ3v) is 2.67. The highest BCUT2D eigenvalue weighted by Crippen LogP contribution is 2.32. The Morgan fingerprint density at radius 1 is 1.38 bits per heavy atom.